The second-order valence-electron chi connectivity index (χ2n) is 6.61. The maximum Gasteiger partial charge on any atom is 0.269 e. The van der Waals surface area contributed by atoms with E-state index in [1.54, 1.807) is 22.9 Å². The highest BCUT2D eigenvalue weighted by Gasteiger charge is 2.16. The van der Waals surface area contributed by atoms with Gasteiger partial charge in [-0.25, -0.2) is 8.42 Å². The van der Waals surface area contributed by atoms with E-state index >= 15 is 0 Å². The van der Waals surface area contributed by atoms with Crippen LogP contribution >= 0.6 is 0 Å². The molecule has 0 bridgehead atoms. The Kier molecular flexibility index (Phi) is 6.97. The molecule has 0 aliphatic heterocycles. The highest BCUT2D eigenvalue weighted by molar-refractivity contribution is 7.90. The molecule has 0 atom stereocenters. The van der Waals surface area contributed by atoms with Gasteiger partial charge in [0.1, 0.15) is 5.69 Å². The first kappa shape index (κ1) is 20.2. The zero-order chi connectivity index (χ0) is 19.2. The van der Waals surface area contributed by atoms with E-state index in [1.165, 1.54) is 0 Å². The monoisotopic (exact) mass is 377 g/mol. The fraction of sp³-hybridized carbons (Fsp3) is 0.474. The van der Waals surface area contributed by atoms with E-state index in [0.717, 1.165) is 11.3 Å². The Morgan fingerprint density at radius 2 is 1.92 bits per heavy atom. The number of aromatic nitrogens is 2. The Morgan fingerprint density at radius 3 is 2.54 bits per heavy atom. The van der Waals surface area contributed by atoms with Crippen molar-refractivity contribution in [3.63, 3.8) is 0 Å². The van der Waals surface area contributed by atoms with E-state index in [9.17, 15) is 13.2 Å². The quantitative estimate of drug-likeness (QED) is 0.681. The molecule has 0 saturated carbocycles. The molecule has 0 spiro atoms. The van der Waals surface area contributed by atoms with Crippen molar-refractivity contribution in [2.24, 2.45) is 0 Å². The van der Waals surface area contributed by atoms with Crippen molar-refractivity contribution in [3.05, 3.63) is 53.3 Å². The average molecular weight is 378 g/mol. The van der Waals surface area contributed by atoms with Gasteiger partial charge in [-0.1, -0.05) is 44.2 Å². The van der Waals surface area contributed by atoms with Gasteiger partial charge in [-0.3, -0.25) is 9.48 Å². The minimum Gasteiger partial charge on any atom is -0.351 e. The standard InChI is InChI=1S/C19H27N3O3S/c1-4-22-18(13-17(21-22)15(2)3)19(23)20-11-8-12-26(24,25)14-16-9-6-5-7-10-16/h5-7,9-10,13,15H,4,8,11-12,14H2,1-3H3,(H,20,23). The van der Waals surface area contributed by atoms with Crippen molar-refractivity contribution in [2.45, 2.75) is 45.4 Å². The molecule has 7 heteroatoms. The van der Waals surface area contributed by atoms with Crippen LogP contribution in [0.5, 0.6) is 0 Å². The third-order valence-electron chi connectivity index (χ3n) is 4.07. The van der Waals surface area contributed by atoms with Crippen LogP contribution in [-0.2, 0) is 22.1 Å². The summed E-state index contributed by atoms with van der Waals surface area (Å²) in [7, 11) is -3.19. The lowest BCUT2D eigenvalue weighted by Gasteiger charge is -2.07. The SMILES string of the molecule is CCn1nc(C(C)C)cc1C(=O)NCCCS(=O)(=O)Cc1ccccc1. The smallest absolute Gasteiger partial charge is 0.269 e. The molecule has 142 valence electrons. The number of carbonyl (C=O) groups excluding carboxylic acids is 1. The van der Waals surface area contributed by atoms with Crippen molar-refractivity contribution in [3.8, 4) is 0 Å². The molecule has 0 saturated heterocycles. The number of hydrogen-bond donors (Lipinski definition) is 1. The topological polar surface area (TPSA) is 81.1 Å². The van der Waals surface area contributed by atoms with Crippen LogP contribution in [0.15, 0.2) is 36.4 Å². The Hall–Kier alpha value is -2.15. The first-order valence-electron chi connectivity index (χ1n) is 8.92. The summed E-state index contributed by atoms with van der Waals surface area (Å²) in [5.41, 5.74) is 2.18. The van der Waals surface area contributed by atoms with E-state index in [1.807, 2.05) is 39.0 Å². The fourth-order valence-electron chi connectivity index (χ4n) is 2.63. The number of aryl methyl sites for hydroxylation is 1. The summed E-state index contributed by atoms with van der Waals surface area (Å²) in [6.45, 7) is 6.92. The summed E-state index contributed by atoms with van der Waals surface area (Å²) in [6, 6.07) is 10.9. The zero-order valence-corrected chi connectivity index (χ0v) is 16.4. The third-order valence-corrected chi connectivity index (χ3v) is 5.75. The fourth-order valence-corrected chi connectivity index (χ4v) is 4.06. The molecule has 2 aromatic rings. The van der Waals surface area contributed by atoms with Crippen LogP contribution in [0.4, 0.5) is 0 Å². The number of hydrogen-bond acceptors (Lipinski definition) is 4. The molecular formula is C19H27N3O3S. The van der Waals surface area contributed by atoms with Gasteiger partial charge in [0.15, 0.2) is 9.84 Å². The number of nitrogens with one attached hydrogen (secondary N) is 1. The molecule has 1 N–H and O–H groups in total. The maximum atomic E-state index is 12.4. The largest absolute Gasteiger partial charge is 0.351 e. The van der Waals surface area contributed by atoms with Crippen LogP contribution in [-0.4, -0.2) is 36.4 Å². The molecule has 6 nitrogen and oxygen atoms in total. The number of benzene rings is 1. The van der Waals surface area contributed by atoms with Crippen molar-refractivity contribution < 1.29 is 13.2 Å². The summed E-state index contributed by atoms with van der Waals surface area (Å²) in [4.78, 5) is 12.4. The average Bonchev–Trinajstić information content (AvgIpc) is 3.04. The molecule has 2 rings (SSSR count). The molecule has 1 aromatic heterocycles. The maximum absolute atomic E-state index is 12.4. The van der Waals surface area contributed by atoms with Gasteiger partial charge in [-0.2, -0.15) is 5.10 Å². The summed E-state index contributed by atoms with van der Waals surface area (Å²) in [6.07, 6.45) is 0.387. The van der Waals surface area contributed by atoms with Gasteiger partial charge in [0.2, 0.25) is 0 Å². The highest BCUT2D eigenvalue weighted by Crippen LogP contribution is 2.14. The Bertz CT molecular complexity index is 827. The number of nitrogens with zero attached hydrogens (tertiary/aromatic N) is 2. The van der Waals surface area contributed by atoms with Crippen molar-refractivity contribution in [1.82, 2.24) is 15.1 Å². The van der Waals surface area contributed by atoms with E-state index in [-0.39, 0.29) is 23.3 Å². The van der Waals surface area contributed by atoms with Gasteiger partial charge in [0, 0.05) is 13.1 Å². The number of rotatable bonds is 9. The molecule has 1 heterocycles. The van der Waals surface area contributed by atoms with Gasteiger partial charge in [-0.05, 0) is 30.9 Å². The van der Waals surface area contributed by atoms with Crippen LogP contribution in [0.2, 0.25) is 0 Å². The third kappa shape index (κ3) is 5.69. The number of carbonyl (C=O) groups is 1. The van der Waals surface area contributed by atoms with Gasteiger partial charge in [-0.15, -0.1) is 0 Å². The lowest BCUT2D eigenvalue weighted by atomic mass is 10.1. The van der Waals surface area contributed by atoms with Gasteiger partial charge >= 0.3 is 0 Å². The number of amides is 1. The first-order valence-corrected chi connectivity index (χ1v) is 10.7. The second kappa shape index (κ2) is 8.98. The Labute approximate surface area is 155 Å². The first-order chi connectivity index (χ1) is 12.3. The van der Waals surface area contributed by atoms with Crippen molar-refractivity contribution >= 4 is 15.7 Å². The summed E-state index contributed by atoms with van der Waals surface area (Å²) in [5.74, 6) is 0.110. The van der Waals surface area contributed by atoms with Gasteiger partial charge in [0.25, 0.3) is 5.91 Å². The predicted octanol–water partition coefficient (Wildman–Crippen LogP) is 2.76. The van der Waals surface area contributed by atoms with E-state index in [2.05, 4.69) is 10.4 Å². The molecule has 0 unspecified atom stereocenters. The summed E-state index contributed by atoms with van der Waals surface area (Å²) < 4.78 is 26.0. The van der Waals surface area contributed by atoms with Crippen LogP contribution in [0, 0.1) is 0 Å². The minimum absolute atomic E-state index is 0.0299. The minimum atomic E-state index is -3.19. The number of sulfone groups is 1. The molecule has 26 heavy (non-hydrogen) atoms. The molecule has 0 aliphatic rings. The normalized spacial score (nSPS) is 11.7. The van der Waals surface area contributed by atoms with Crippen LogP contribution < -0.4 is 5.32 Å². The summed E-state index contributed by atoms with van der Waals surface area (Å²) in [5, 5.41) is 7.22. The van der Waals surface area contributed by atoms with E-state index < -0.39 is 9.84 Å². The van der Waals surface area contributed by atoms with Crippen molar-refractivity contribution in [1.29, 1.82) is 0 Å². The molecule has 1 aromatic carbocycles. The van der Waals surface area contributed by atoms with E-state index in [4.69, 9.17) is 0 Å². The Balaban J connectivity index is 1.85. The zero-order valence-electron chi connectivity index (χ0n) is 15.6. The molecule has 1 amide bonds. The van der Waals surface area contributed by atoms with Crippen molar-refractivity contribution in [2.75, 3.05) is 12.3 Å². The second-order valence-corrected chi connectivity index (χ2v) is 8.80. The summed E-state index contributed by atoms with van der Waals surface area (Å²) >= 11 is 0. The van der Waals surface area contributed by atoms with Crippen LogP contribution in [0.1, 0.15) is 54.9 Å². The molecule has 0 radical (unpaired) electrons. The van der Waals surface area contributed by atoms with Gasteiger partial charge < -0.3 is 5.32 Å². The lowest BCUT2D eigenvalue weighted by Crippen LogP contribution is -2.28. The lowest BCUT2D eigenvalue weighted by molar-refractivity contribution is 0.0943. The predicted molar refractivity (Wildman–Crippen MR) is 103 cm³/mol. The highest BCUT2D eigenvalue weighted by atomic mass is 32.2. The van der Waals surface area contributed by atoms with Crippen LogP contribution in [0.25, 0.3) is 0 Å². The molecular weight excluding hydrogens is 350 g/mol. The molecule has 0 fully saturated rings. The van der Waals surface area contributed by atoms with Gasteiger partial charge in [0.05, 0.1) is 17.2 Å². The van der Waals surface area contributed by atoms with Crippen LogP contribution in [0.3, 0.4) is 0 Å². The van der Waals surface area contributed by atoms with E-state index in [0.29, 0.717) is 25.2 Å². The Morgan fingerprint density at radius 1 is 1.23 bits per heavy atom. The molecule has 0 aliphatic carbocycles.